The zero-order chi connectivity index (χ0) is 10.6. The molecule has 0 unspecified atom stereocenters. The number of hydrogen-bond donors (Lipinski definition) is 1. The highest BCUT2D eigenvalue weighted by Crippen LogP contribution is 2.04. The van der Waals surface area contributed by atoms with Crippen molar-refractivity contribution in [2.45, 2.75) is 6.92 Å². The van der Waals surface area contributed by atoms with E-state index in [1.165, 1.54) is 6.08 Å². The van der Waals surface area contributed by atoms with Gasteiger partial charge in [-0.15, -0.1) is 0 Å². The van der Waals surface area contributed by atoms with Gasteiger partial charge in [-0.05, 0) is 18.6 Å². The van der Waals surface area contributed by atoms with Crippen molar-refractivity contribution < 1.29 is 14.7 Å². The summed E-state index contributed by atoms with van der Waals surface area (Å²) >= 11 is 0. The first-order valence-electron chi connectivity index (χ1n) is 4.11. The van der Waals surface area contributed by atoms with Crippen LogP contribution in [0.2, 0.25) is 0 Å². The Balaban J connectivity index is 2.74. The van der Waals surface area contributed by atoms with Crippen molar-refractivity contribution in [2.75, 3.05) is 0 Å². The number of carboxylic acid groups (broad SMARTS) is 1. The zero-order valence-corrected chi connectivity index (χ0v) is 7.73. The molecule has 72 valence electrons. The molecule has 0 saturated carbocycles. The molecule has 3 nitrogen and oxygen atoms in total. The molecule has 0 atom stereocenters. The molecule has 0 aromatic heterocycles. The van der Waals surface area contributed by atoms with Crippen molar-refractivity contribution in [2.24, 2.45) is 0 Å². The van der Waals surface area contributed by atoms with Crippen molar-refractivity contribution in [1.29, 1.82) is 0 Å². The summed E-state index contributed by atoms with van der Waals surface area (Å²) in [5.41, 5.74) is 1.93. The number of aliphatic carboxylic acids is 1. The lowest BCUT2D eigenvalue weighted by Gasteiger charge is -1.93. The Labute approximate surface area is 81.7 Å². The number of hydrogen-bond acceptors (Lipinski definition) is 2. The lowest BCUT2D eigenvalue weighted by atomic mass is 10.1. The third-order valence-corrected chi connectivity index (χ3v) is 1.72. The zero-order valence-electron chi connectivity index (χ0n) is 7.73. The SMILES string of the molecule is Cc1ccc(C=CC(=O)C(=O)O)cc1. The standard InChI is InChI=1S/C11H10O3/c1-8-2-4-9(5-3-8)6-7-10(12)11(13)14/h2-7H,1H3,(H,13,14). The van der Waals surface area contributed by atoms with Crippen LogP contribution in [0.25, 0.3) is 6.08 Å². The van der Waals surface area contributed by atoms with Crippen LogP contribution in [-0.2, 0) is 9.59 Å². The Morgan fingerprint density at radius 2 is 1.79 bits per heavy atom. The molecule has 1 N–H and O–H groups in total. The minimum absolute atomic E-state index is 0.810. The summed E-state index contributed by atoms with van der Waals surface area (Å²) in [7, 11) is 0. The van der Waals surface area contributed by atoms with Crippen LogP contribution >= 0.6 is 0 Å². The van der Waals surface area contributed by atoms with Crippen LogP contribution in [0.1, 0.15) is 11.1 Å². The number of benzene rings is 1. The van der Waals surface area contributed by atoms with Gasteiger partial charge in [0, 0.05) is 0 Å². The number of carbonyl (C=O) groups excluding carboxylic acids is 1. The summed E-state index contributed by atoms with van der Waals surface area (Å²) in [6.45, 7) is 1.95. The van der Waals surface area contributed by atoms with Gasteiger partial charge in [-0.3, -0.25) is 4.79 Å². The molecular formula is C11H10O3. The lowest BCUT2D eigenvalue weighted by molar-refractivity contribution is -0.146. The summed E-state index contributed by atoms with van der Waals surface area (Å²) in [5.74, 6) is -2.35. The van der Waals surface area contributed by atoms with Crippen LogP contribution in [0.4, 0.5) is 0 Å². The Kier molecular flexibility index (Phi) is 3.18. The maximum atomic E-state index is 10.7. The van der Waals surface area contributed by atoms with E-state index in [2.05, 4.69) is 0 Å². The molecule has 3 heteroatoms. The molecule has 1 aromatic rings. The van der Waals surface area contributed by atoms with Gasteiger partial charge < -0.3 is 5.11 Å². The molecule has 0 heterocycles. The minimum Gasteiger partial charge on any atom is -0.475 e. The van der Waals surface area contributed by atoms with E-state index in [1.807, 2.05) is 31.2 Å². The van der Waals surface area contributed by atoms with Crippen LogP contribution in [-0.4, -0.2) is 16.9 Å². The monoisotopic (exact) mass is 190 g/mol. The van der Waals surface area contributed by atoms with Crippen molar-refractivity contribution in [3.05, 3.63) is 41.5 Å². The summed E-state index contributed by atoms with van der Waals surface area (Å²) in [6, 6.07) is 7.43. The van der Waals surface area contributed by atoms with Gasteiger partial charge in [-0.25, -0.2) is 4.79 Å². The Bertz CT molecular complexity index is 374. The number of ketones is 1. The number of rotatable bonds is 3. The highest BCUT2D eigenvalue weighted by Gasteiger charge is 2.04. The molecule has 0 saturated heterocycles. The Morgan fingerprint density at radius 1 is 1.21 bits per heavy atom. The van der Waals surface area contributed by atoms with E-state index in [-0.39, 0.29) is 0 Å². The van der Waals surface area contributed by atoms with Gasteiger partial charge in [0.1, 0.15) is 0 Å². The topological polar surface area (TPSA) is 54.4 Å². The Morgan fingerprint density at radius 3 is 2.29 bits per heavy atom. The lowest BCUT2D eigenvalue weighted by Crippen LogP contribution is -2.08. The average molecular weight is 190 g/mol. The van der Waals surface area contributed by atoms with Crippen molar-refractivity contribution in [3.63, 3.8) is 0 Å². The summed E-state index contributed by atoms with van der Waals surface area (Å²) < 4.78 is 0. The summed E-state index contributed by atoms with van der Waals surface area (Å²) in [6.07, 6.45) is 2.53. The van der Waals surface area contributed by atoms with Gasteiger partial charge in [-0.2, -0.15) is 0 Å². The molecule has 1 aromatic carbocycles. The van der Waals surface area contributed by atoms with E-state index in [1.54, 1.807) is 0 Å². The van der Waals surface area contributed by atoms with Crippen molar-refractivity contribution >= 4 is 17.8 Å². The molecule has 0 amide bonds. The van der Waals surface area contributed by atoms with E-state index >= 15 is 0 Å². The average Bonchev–Trinajstić information content (AvgIpc) is 2.16. The molecule has 0 bridgehead atoms. The molecule has 0 aliphatic heterocycles. The second kappa shape index (κ2) is 4.37. The molecule has 1 rings (SSSR count). The molecule has 14 heavy (non-hydrogen) atoms. The smallest absolute Gasteiger partial charge is 0.376 e. The Hall–Kier alpha value is -1.90. The fraction of sp³-hybridized carbons (Fsp3) is 0.0909. The van der Waals surface area contributed by atoms with Crippen LogP contribution in [0.15, 0.2) is 30.3 Å². The molecule has 0 radical (unpaired) electrons. The van der Waals surface area contributed by atoms with Gasteiger partial charge >= 0.3 is 5.97 Å². The minimum atomic E-state index is -1.44. The van der Waals surface area contributed by atoms with Crippen LogP contribution in [0.5, 0.6) is 0 Å². The molecule has 0 fully saturated rings. The van der Waals surface area contributed by atoms with E-state index in [0.717, 1.165) is 17.2 Å². The number of carboxylic acids is 1. The maximum absolute atomic E-state index is 10.7. The van der Waals surface area contributed by atoms with Gasteiger partial charge in [-0.1, -0.05) is 35.9 Å². The molecule has 0 spiro atoms. The fourth-order valence-corrected chi connectivity index (χ4v) is 0.921. The van der Waals surface area contributed by atoms with E-state index < -0.39 is 11.8 Å². The third kappa shape index (κ3) is 2.86. The first-order chi connectivity index (χ1) is 6.59. The first kappa shape index (κ1) is 10.2. The van der Waals surface area contributed by atoms with E-state index in [9.17, 15) is 9.59 Å². The van der Waals surface area contributed by atoms with Crippen LogP contribution in [0, 0.1) is 6.92 Å². The summed E-state index contributed by atoms with van der Waals surface area (Å²) in [5, 5.41) is 8.30. The van der Waals surface area contributed by atoms with Gasteiger partial charge in [0.05, 0.1) is 0 Å². The third-order valence-electron chi connectivity index (χ3n) is 1.72. The van der Waals surface area contributed by atoms with Gasteiger partial charge in [0.2, 0.25) is 0 Å². The largest absolute Gasteiger partial charge is 0.475 e. The highest BCUT2D eigenvalue weighted by atomic mass is 16.4. The predicted molar refractivity (Wildman–Crippen MR) is 52.9 cm³/mol. The van der Waals surface area contributed by atoms with Crippen LogP contribution < -0.4 is 0 Å². The fourth-order valence-electron chi connectivity index (χ4n) is 0.921. The molecular weight excluding hydrogens is 180 g/mol. The number of aryl methyl sites for hydroxylation is 1. The highest BCUT2D eigenvalue weighted by molar-refractivity contribution is 6.38. The van der Waals surface area contributed by atoms with Crippen molar-refractivity contribution in [1.82, 2.24) is 0 Å². The maximum Gasteiger partial charge on any atom is 0.376 e. The molecule has 0 aliphatic rings. The second-order valence-electron chi connectivity index (χ2n) is 2.91. The van der Waals surface area contributed by atoms with Gasteiger partial charge in [0.15, 0.2) is 0 Å². The van der Waals surface area contributed by atoms with E-state index in [0.29, 0.717) is 0 Å². The van der Waals surface area contributed by atoms with Crippen molar-refractivity contribution in [3.8, 4) is 0 Å². The molecule has 0 aliphatic carbocycles. The quantitative estimate of drug-likeness (QED) is 0.582. The number of carbonyl (C=O) groups is 2. The predicted octanol–water partition coefficient (Wildman–Crippen LogP) is 1.66. The normalized spacial score (nSPS) is 10.4. The van der Waals surface area contributed by atoms with E-state index in [4.69, 9.17) is 5.11 Å². The van der Waals surface area contributed by atoms with Crippen LogP contribution in [0.3, 0.4) is 0 Å². The van der Waals surface area contributed by atoms with Gasteiger partial charge in [0.25, 0.3) is 5.78 Å². The first-order valence-corrected chi connectivity index (χ1v) is 4.11. The second-order valence-corrected chi connectivity index (χ2v) is 2.91. The summed E-state index contributed by atoms with van der Waals surface area (Å²) in [4.78, 5) is 20.9.